The third kappa shape index (κ3) is 3.37. The van der Waals surface area contributed by atoms with Gasteiger partial charge in [0.05, 0.1) is 0 Å². The number of benzene rings is 1. The molecule has 0 aliphatic heterocycles. The van der Waals surface area contributed by atoms with Gasteiger partial charge >= 0.3 is 0 Å². The van der Waals surface area contributed by atoms with E-state index >= 15 is 0 Å². The van der Waals surface area contributed by atoms with Gasteiger partial charge in [-0.25, -0.2) is 0 Å². The van der Waals surface area contributed by atoms with E-state index in [1.165, 1.54) is 48.8 Å². The highest BCUT2D eigenvalue weighted by Crippen LogP contribution is 2.40. The number of hydrogen-bond donors (Lipinski definition) is 0. The molecule has 1 unspecified atom stereocenters. The highest BCUT2D eigenvalue weighted by Gasteiger charge is 2.24. The zero-order valence-electron chi connectivity index (χ0n) is 15.1. The molecule has 22 heavy (non-hydrogen) atoms. The van der Waals surface area contributed by atoms with E-state index in [1.54, 1.807) is 16.7 Å². The number of allylic oxidation sites excluding steroid dienone is 1. The predicted octanol–water partition coefficient (Wildman–Crippen LogP) is 6.92. The minimum absolute atomic E-state index is 0.707. The van der Waals surface area contributed by atoms with E-state index in [0.717, 1.165) is 5.92 Å². The van der Waals surface area contributed by atoms with Crippen LogP contribution in [0.4, 0.5) is 0 Å². The van der Waals surface area contributed by atoms with Gasteiger partial charge in [0.2, 0.25) is 0 Å². The molecule has 0 radical (unpaired) electrons. The Morgan fingerprint density at radius 1 is 1.18 bits per heavy atom. The molecule has 0 spiro atoms. The first-order chi connectivity index (χ1) is 10.6. The average molecular weight is 296 g/mol. The maximum Gasteiger partial charge on any atom is -0.0152 e. The Morgan fingerprint density at radius 3 is 2.45 bits per heavy atom. The smallest absolute Gasteiger partial charge is 0.0152 e. The summed E-state index contributed by atoms with van der Waals surface area (Å²) in [7, 11) is 0. The van der Waals surface area contributed by atoms with Crippen molar-refractivity contribution in [1.29, 1.82) is 0 Å². The number of fused-ring (bicyclic) bond motifs is 1. The van der Waals surface area contributed by atoms with E-state index in [1.807, 2.05) is 13.8 Å². The van der Waals surface area contributed by atoms with Gasteiger partial charge in [0.1, 0.15) is 0 Å². The summed E-state index contributed by atoms with van der Waals surface area (Å²) in [5, 5.41) is 0. The first-order valence-electron chi connectivity index (χ1n) is 9.08. The molecule has 3 rings (SSSR count). The molecule has 0 heterocycles. The van der Waals surface area contributed by atoms with Crippen LogP contribution in [0.5, 0.6) is 0 Å². The van der Waals surface area contributed by atoms with Crippen molar-refractivity contribution in [3.05, 3.63) is 46.0 Å². The molecule has 1 fully saturated rings. The maximum absolute atomic E-state index is 4.10. The average Bonchev–Trinajstić information content (AvgIpc) is 3.36. The van der Waals surface area contributed by atoms with Crippen LogP contribution in [-0.4, -0.2) is 0 Å². The Bertz CT molecular complexity index is 570. The molecule has 1 aromatic carbocycles. The van der Waals surface area contributed by atoms with Gasteiger partial charge in [-0.1, -0.05) is 51.1 Å². The Labute approximate surface area is 137 Å². The van der Waals surface area contributed by atoms with E-state index in [2.05, 4.69) is 45.6 Å². The molecule has 1 aromatic rings. The zero-order chi connectivity index (χ0) is 16.3. The lowest BCUT2D eigenvalue weighted by Crippen LogP contribution is -2.11. The van der Waals surface area contributed by atoms with Gasteiger partial charge in [0.25, 0.3) is 0 Å². The van der Waals surface area contributed by atoms with Gasteiger partial charge in [-0.15, -0.1) is 0 Å². The molecular weight excluding hydrogens is 264 g/mol. The van der Waals surface area contributed by atoms with Crippen molar-refractivity contribution in [2.45, 2.75) is 72.6 Å². The largest absolute Gasteiger partial charge is 0.0984 e. The fraction of sp³-hybridized carbons (Fsp3) is 0.545. The normalized spacial score (nSPS) is 20.8. The molecule has 1 saturated carbocycles. The second-order valence-corrected chi connectivity index (χ2v) is 6.75. The molecule has 0 nitrogen and oxygen atoms in total. The summed E-state index contributed by atoms with van der Waals surface area (Å²) in [6, 6.07) is 2.44. The van der Waals surface area contributed by atoms with Crippen molar-refractivity contribution < 1.29 is 0 Å². The summed E-state index contributed by atoms with van der Waals surface area (Å²) in [6.45, 7) is 15.0. The Morgan fingerprint density at radius 2 is 1.86 bits per heavy atom. The van der Waals surface area contributed by atoms with Crippen LogP contribution in [0.15, 0.2) is 18.2 Å². The number of hydrogen-bond acceptors (Lipinski definition) is 0. The topological polar surface area (TPSA) is 0 Å². The molecule has 1 atom stereocenters. The number of rotatable bonds is 3. The summed E-state index contributed by atoms with van der Waals surface area (Å²) in [4.78, 5) is 0. The lowest BCUT2D eigenvalue weighted by molar-refractivity contribution is 0.589. The van der Waals surface area contributed by atoms with Crippen molar-refractivity contribution in [2.24, 2.45) is 5.92 Å². The van der Waals surface area contributed by atoms with Crippen LogP contribution in [0.3, 0.4) is 0 Å². The highest BCUT2D eigenvalue weighted by atomic mass is 14.3. The van der Waals surface area contributed by atoms with Gasteiger partial charge in [-0.05, 0) is 85.6 Å². The van der Waals surface area contributed by atoms with Gasteiger partial charge in [0, 0.05) is 0 Å². The SMILES string of the molecule is C=Cc1c(/C=C(\C)C2CC2)c(C)cc2c1CCCC2C.CC. The summed E-state index contributed by atoms with van der Waals surface area (Å²) < 4.78 is 0. The molecule has 0 bridgehead atoms. The lowest BCUT2D eigenvalue weighted by atomic mass is 9.78. The first kappa shape index (κ1) is 17.1. The third-order valence-electron chi connectivity index (χ3n) is 5.15. The standard InChI is InChI=1S/C20H26.C2H6/c1-5-17-18-8-6-7-13(2)19(18)12-15(4)20(17)11-14(3)16-9-10-16;1-2/h5,11-13,16H,1,6-10H2,2-4H3;1-2H3/b14-11+;. The van der Waals surface area contributed by atoms with E-state index in [9.17, 15) is 0 Å². The van der Waals surface area contributed by atoms with Crippen LogP contribution in [0.1, 0.15) is 87.1 Å². The Hall–Kier alpha value is -1.30. The van der Waals surface area contributed by atoms with Gasteiger partial charge in [-0.2, -0.15) is 0 Å². The highest BCUT2D eigenvalue weighted by molar-refractivity contribution is 5.73. The van der Waals surface area contributed by atoms with Gasteiger partial charge in [0.15, 0.2) is 0 Å². The summed E-state index contributed by atoms with van der Waals surface area (Å²) in [6.07, 6.45) is 11.2. The van der Waals surface area contributed by atoms with Crippen molar-refractivity contribution in [3.8, 4) is 0 Å². The summed E-state index contributed by atoms with van der Waals surface area (Å²) >= 11 is 0. The molecule has 2 aliphatic carbocycles. The molecular formula is C22H32. The van der Waals surface area contributed by atoms with Crippen LogP contribution >= 0.6 is 0 Å². The van der Waals surface area contributed by atoms with Crippen LogP contribution in [-0.2, 0) is 6.42 Å². The van der Waals surface area contributed by atoms with Crippen LogP contribution in [0.2, 0.25) is 0 Å². The minimum atomic E-state index is 0.707. The predicted molar refractivity (Wildman–Crippen MR) is 100 cm³/mol. The molecule has 0 heteroatoms. The lowest BCUT2D eigenvalue weighted by Gasteiger charge is -2.26. The quantitative estimate of drug-likeness (QED) is 0.568. The van der Waals surface area contributed by atoms with Crippen molar-refractivity contribution in [3.63, 3.8) is 0 Å². The fourth-order valence-corrected chi connectivity index (χ4v) is 3.70. The van der Waals surface area contributed by atoms with Crippen molar-refractivity contribution in [2.75, 3.05) is 0 Å². The second-order valence-electron chi connectivity index (χ2n) is 6.75. The van der Waals surface area contributed by atoms with Gasteiger partial charge < -0.3 is 0 Å². The molecule has 120 valence electrons. The fourth-order valence-electron chi connectivity index (χ4n) is 3.70. The van der Waals surface area contributed by atoms with Crippen LogP contribution < -0.4 is 0 Å². The van der Waals surface area contributed by atoms with Crippen molar-refractivity contribution in [1.82, 2.24) is 0 Å². The Kier molecular flexibility index (Phi) is 5.67. The van der Waals surface area contributed by atoms with E-state index < -0.39 is 0 Å². The molecule has 0 amide bonds. The summed E-state index contributed by atoms with van der Waals surface area (Å²) in [5.74, 6) is 1.56. The minimum Gasteiger partial charge on any atom is -0.0984 e. The second kappa shape index (κ2) is 7.31. The van der Waals surface area contributed by atoms with E-state index in [0.29, 0.717) is 5.92 Å². The molecule has 0 N–H and O–H groups in total. The third-order valence-corrected chi connectivity index (χ3v) is 5.15. The molecule has 2 aliphatic rings. The molecule has 0 aromatic heterocycles. The van der Waals surface area contributed by atoms with Crippen LogP contribution in [0, 0.1) is 12.8 Å². The molecule has 0 saturated heterocycles. The zero-order valence-corrected chi connectivity index (χ0v) is 15.1. The summed E-state index contributed by atoms with van der Waals surface area (Å²) in [5.41, 5.74) is 8.96. The van der Waals surface area contributed by atoms with Gasteiger partial charge in [-0.3, -0.25) is 0 Å². The van der Waals surface area contributed by atoms with E-state index in [4.69, 9.17) is 0 Å². The van der Waals surface area contributed by atoms with E-state index in [-0.39, 0.29) is 0 Å². The Balaban J connectivity index is 0.000000847. The monoisotopic (exact) mass is 296 g/mol. The van der Waals surface area contributed by atoms with Crippen LogP contribution in [0.25, 0.3) is 12.2 Å². The van der Waals surface area contributed by atoms with Crippen molar-refractivity contribution >= 4 is 12.2 Å². The first-order valence-corrected chi connectivity index (χ1v) is 9.08. The maximum atomic E-state index is 4.10. The number of aryl methyl sites for hydroxylation is 1.